The van der Waals surface area contributed by atoms with Gasteiger partial charge in [-0.15, -0.1) is 0 Å². The lowest BCUT2D eigenvalue weighted by Gasteiger charge is -2.07. The number of anilines is 2. The molecule has 3 aromatic heterocycles. The molecule has 5 nitrogen and oxygen atoms in total. The molecule has 0 aliphatic carbocycles. The maximum absolute atomic E-state index is 5.50. The van der Waals surface area contributed by atoms with Crippen LogP contribution in [0.5, 0.6) is 0 Å². The standard InChI is InChI=1S/C16H11BrN4O/c17-11-4-6-12(7-5-11)19-15-14(13-3-1-10-22-13)20-16-18-8-2-9-21(15)16/h1-10,19H. The predicted molar refractivity (Wildman–Crippen MR) is 88.1 cm³/mol. The second-order valence-corrected chi connectivity index (χ2v) is 5.62. The Kier molecular flexibility index (Phi) is 3.16. The monoisotopic (exact) mass is 354 g/mol. The normalized spacial score (nSPS) is 11.0. The van der Waals surface area contributed by atoms with E-state index in [1.807, 2.05) is 53.1 Å². The van der Waals surface area contributed by atoms with E-state index in [1.165, 1.54) is 0 Å². The van der Waals surface area contributed by atoms with Crippen LogP contribution in [0, 0.1) is 0 Å². The summed E-state index contributed by atoms with van der Waals surface area (Å²) in [6, 6.07) is 13.5. The Labute approximate surface area is 134 Å². The smallest absolute Gasteiger partial charge is 0.236 e. The number of rotatable bonds is 3. The Balaban J connectivity index is 1.87. The third-order valence-electron chi connectivity index (χ3n) is 3.27. The average molecular weight is 355 g/mol. The zero-order valence-corrected chi connectivity index (χ0v) is 13.0. The number of hydrogen-bond acceptors (Lipinski definition) is 4. The third-order valence-corrected chi connectivity index (χ3v) is 3.79. The number of nitrogens with one attached hydrogen (secondary N) is 1. The summed E-state index contributed by atoms with van der Waals surface area (Å²) in [7, 11) is 0. The summed E-state index contributed by atoms with van der Waals surface area (Å²) in [6.45, 7) is 0. The molecule has 0 aliphatic rings. The van der Waals surface area contributed by atoms with E-state index in [2.05, 4.69) is 31.2 Å². The number of furan rings is 1. The first-order valence-corrected chi connectivity index (χ1v) is 7.50. The van der Waals surface area contributed by atoms with Gasteiger partial charge in [-0.1, -0.05) is 15.9 Å². The summed E-state index contributed by atoms with van der Waals surface area (Å²) < 4.78 is 8.43. The molecule has 4 aromatic rings. The van der Waals surface area contributed by atoms with Crippen molar-refractivity contribution in [2.24, 2.45) is 0 Å². The van der Waals surface area contributed by atoms with E-state index in [-0.39, 0.29) is 0 Å². The molecule has 6 heteroatoms. The first kappa shape index (κ1) is 13.1. The van der Waals surface area contributed by atoms with Gasteiger partial charge in [-0.2, -0.15) is 0 Å². The van der Waals surface area contributed by atoms with Crippen molar-refractivity contribution < 1.29 is 4.42 Å². The summed E-state index contributed by atoms with van der Waals surface area (Å²) in [5, 5.41) is 3.39. The zero-order valence-electron chi connectivity index (χ0n) is 11.4. The van der Waals surface area contributed by atoms with Crippen LogP contribution in [0.3, 0.4) is 0 Å². The van der Waals surface area contributed by atoms with E-state index in [0.29, 0.717) is 11.5 Å². The number of fused-ring (bicyclic) bond motifs is 1. The number of nitrogens with zero attached hydrogens (tertiary/aromatic N) is 3. The molecule has 0 atom stereocenters. The molecule has 1 aromatic carbocycles. The molecule has 0 saturated heterocycles. The molecule has 0 unspecified atom stereocenters. The largest absolute Gasteiger partial charge is 0.463 e. The van der Waals surface area contributed by atoms with Crippen molar-refractivity contribution in [2.75, 3.05) is 5.32 Å². The minimum absolute atomic E-state index is 0.619. The summed E-state index contributed by atoms with van der Waals surface area (Å²) in [5.74, 6) is 2.14. The Morgan fingerprint density at radius 2 is 1.95 bits per heavy atom. The Morgan fingerprint density at radius 3 is 2.73 bits per heavy atom. The molecule has 0 saturated carbocycles. The van der Waals surface area contributed by atoms with Crippen molar-refractivity contribution in [3.05, 3.63) is 65.6 Å². The highest BCUT2D eigenvalue weighted by molar-refractivity contribution is 9.10. The molecule has 0 bridgehead atoms. The van der Waals surface area contributed by atoms with Gasteiger partial charge in [0.05, 0.1) is 6.26 Å². The molecule has 3 heterocycles. The fourth-order valence-electron chi connectivity index (χ4n) is 2.26. The highest BCUT2D eigenvalue weighted by Gasteiger charge is 2.16. The van der Waals surface area contributed by atoms with E-state index in [1.54, 1.807) is 12.5 Å². The zero-order chi connectivity index (χ0) is 14.9. The van der Waals surface area contributed by atoms with Gasteiger partial charge in [0.25, 0.3) is 0 Å². The molecule has 0 radical (unpaired) electrons. The topological polar surface area (TPSA) is 55.4 Å². The molecule has 4 rings (SSSR count). The first-order valence-electron chi connectivity index (χ1n) is 6.71. The number of imidazole rings is 1. The van der Waals surface area contributed by atoms with Crippen molar-refractivity contribution in [3.8, 4) is 11.5 Å². The summed E-state index contributed by atoms with van der Waals surface area (Å²) in [6.07, 6.45) is 5.27. The van der Waals surface area contributed by atoms with Gasteiger partial charge in [-0.25, -0.2) is 9.97 Å². The molecule has 1 N–H and O–H groups in total. The van der Waals surface area contributed by atoms with Crippen LogP contribution in [-0.2, 0) is 0 Å². The Hall–Kier alpha value is -2.60. The molecule has 0 spiro atoms. The Morgan fingerprint density at radius 1 is 1.09 bits per heavy atom. The van der Waals surface area contributed by atoms with Crippen molar-refractivity contribution in [1.29, 1.82) is 0 Å². The van der Waals surface area contributed by atoms with E-state index < -0.39 is 0 Å². The number of benzene rings is 1. The molecular formula is C16H11BrN4O. The SMILES string of the molecule is Brc1ccc(Nc2c(-c3ccco3)nc3ncccn23)cc1. The fraction of sp³-hybridized carbons (Fsp3) is 0. The number of halogens is 1. The number of hydrogen-bond donors (Lipinski definition) is 1. The van der Waals surface area contributed by atoms with Gasteiger partial charge in [-0.3, -0.25) is 4.40 Å². The van der Waals surface area contributed by atoms with Crippen LogP contribution < -0.4 is 5.32 Å². The van der Waals surface area contributed by atoms with Gasteiger partial charge in [0.1, 0.15) is 5.82 Å². The van der Waals surface area contributed by atoms with E-state index in [9.17, 15) is 0 Å². The second-order valence-electron chi connectivity index (χ2n) is 4.71. The highest BCUT2D eigenvalue weighted by Crippen LogP contribution is 2.31. The van der Waals surface area contributed by atoms with Gasteiger partial charge in [0.15, 0.2) is 11.5 Å². The van der Waals surface area contributed by atoms with Crippen molar-refractivity contribution in [3.63, 3.8) is 0 Å². The quantitative estimate of drug-likeness (QED) is 0.588. The fourth-order valence-corrected chi connectivity index (χ4v) is 2.53. The van der Waals surface area contributed by atoms with Gasteiger partial charge in [-0.05, 0) is 42.5 Å². The van der Waals surface area contributed by atoms with Crippen LogP contribution in [0.25, 0.3) is 17.2 Å². The van der Waals surface area contributed by atoms with Crippen LogP contribution in [0.2, 0.25) is 0 Å². The number of aromatic nitrogens is 3. The lowest BCUT2D eigenvalue weighted by molar-refractivity contribution is 0.581. The highest BCUT2D eigenvalue weighted by atomic mass is 79.9. The van der Waals surface area contributed by atoms with E-state index >= 15 is 0 Å². The molecule has 108 valence electrons. The maximum Gasteiger partial charge on any atom is 0.236 e. The average Bonchev–Trinajstić information content (AvgIpc) is 3.18. The minimum atomic E-state index is 0.619. The predicted octanol–water partition coefficient (Wildman–Crippen LogP) is 4.50. The van der Waals surface area contributed by atoms with E-state index in [0.717, 1.165) is 21.7 Å². The molecule has 0 amide bonds. The van der Waals surface area contributed by atoms with Crippen LogP contribution >= 0.6 is 15.9 Å². The van der Waals surface area contributed by atoms with Gasteiger partial charge >= 0.3 is 0 Å². The lowest BCUT2D eigenvalue weighted by atomic mass is 10.3. The first-order chi connectivity index (χ1) is 10.8. The molecule has 22 heavy (non-hydrogen) atoms. The maximum atomic E-state index is 5.50. The summed E-state index contributed by atoms with van der Waals surface area (Å²) in [4.78, 5) is 8.85. The van der Waals surface area contributed by atoms with Crippen LogP contribution in [0.15, 0.2) is 70.0 Å². The summed E-state index contributed by atoms with van der Waals surface area (Å²) >= 11 is 3.44. The van der Waals surface area contributed by atoms with Crippen LogP contribution in [0.4, 0.5) is 11.5 Å². The van der Waals surface area contributed by atoms with Crippen LogP contribution in [0.1, 0.15) is 0 Å². The van der Waals surface area contributed by atoms with Crippen molar-refractivity contribution in [2.45, 2.75) is 0 Å². The Bertz CT molecular complexity index is 913. The lowest BCUT2D eigenvalue weighted by Crippen LogP contribution is -1.96. The van der Waals surface area contributed by atoms with Gasteiger partial charge in [0.2, 0.25) is 5.78 Å². The van der Waals surface area contributed by atoms with Crippen molar-refractivity contribution >= 4 is 33.2 Å². The molecular weight excluding hydrogens is 344 g/mol. The van der Waals surface area contributed by atoms with E-state index in [4.69, 9.17) is 4.42 Å². The summed E-state index contributed by atoms with van der Waals surface area (Å²) in [5.41, 5.74) is 1.69. The van der Waals surface area contributed by atoms with Crippen LogP contribution in [-0.4, -0.2) is 14.4 Å². The van der Waals surface area contributed by atoms with Gasteiger partial charge in [0, 0.05) is 22.6 Å². The molecule has 0 fully saturated rings. The minimum Gasteiger partial charge on any atom is -0.463 e. The molecule has 0 aliphatic heterocycles. The third kappa shape index (κ3) is 2.27. The second kappa shape index (κ2) is 5.31. The van der Waals surface area contributed by atoms with Crippen molar-refractivity contribution in [1.82, 2.24) is 14.4 Å². The van der Waals surface area contributed by atoms with Gasteiger partial charge < -0.3 is 9.73 Å².